The van der Waals surface area contributed by atoms with Crippen molar-refractivity contribution in [2.24, 2.45) is 5.73 Å². The van der Waals surface area contributed by atoms with Crippen LogP contribution in [-0.2, 0) is 17.8 Å². The van der Waals surface area contributed by atoms with Crippen LogP contribution in [0.4, 0.5) is 0 Å². The molecule has 0 saturated heterocycles. The Morgan fingerprint density at radius 1 is 1.11 bits per heavy atom. The van der Waals surface area contributed by atoms with Gasteiger partial charge >= 0.3 is 0 Å². The van der Waals surface area contributed by atoms with Crippen LogP contribution in [0, 0.1) is 6.92 Å². The number of carbonyl (C=O) groups excluding carboxylic acids is 1. The molecule has 5 heteroatoms. The first kappa shape index (κ1) is 21.1. The molecule has 0 spiro atoms. The molecule has 0 aliphatic heterocycles. The van der Waals surface area contributed by atoms with E-state index in [4.69, 9.17) is 5.73 Å². The van der Waals surface area contributed by atoms with Gasteiger partial charge in [0.25, 0.3) is 0 Å². The van der Waals surface area contributed by atoms with Crippen LogP contribution in [0.25, 0.3) is 0 Å². The Morgan fingerprint density at radius 2 is 1.81 bits per heavy atom. The highest BCUT2D eigenvalue weighted by molar-refractivity contribution is 5.81. The van der Waals surface area contributed by atoms with Gasteiger partial charge in [-0.25, -0.2) is 0 Å². The fourth-order valence-electron chi connectivity index (χ4n) is 2.96. The van der Waals surface area contributed by atoms with E-state index in [1.807, 2.05) is 43.3 Å². The van der Waals surface area contributed by atoms with Crippen molar-refractivity contribution in [3.05, 3.63) is 71.3 Å². The Balaban J connectivity index is 1.96. The molecule has 0 bridgehead atoms. The van der Waals surface area contributed by atoms with Crippen LogP contribution >= 0.6 is 0 Å². The molecule has 5 nitrogen and oxygen atoms in total. The number of aliphatic hydroxyl groups is 1. The van der Waals surface area contributed by atoms with Crippen LogP contribution in [0.15, 0.2) is 54.6 Å². The third-order valence-corrected chi connectivity index (χ3v) is 4.63. The fraction of sp³-hybridized carbons (Fsp3) is 0.409. The average Bonchev–Trinajstić information content (AvgIpc) is 2.67. The highest BCUT2D eigenvalue weighted by atomic mass is 16.3. The Morgan fingerprint density at radius 3 is 2.48 bits per heavy atom. The normalized spacial score (nSPS) is 14.4. The molecule has 3 atom stereocenters. The third kappa shape index (κ3) is 7.13. The molecule has 0 aliphatic carbocycles. The number of hydrogen-bond acceptors (Lipinski definition) is 4. The molecule has 2 aromatic rings. The van der Waals surface area contributed by atoms with Gasteiger partial charge in [0.15, 0.2) is 0 Å². The molecule has 146 valence electrons. The number of benzene rings is 2. The molecule has 0 radical (unpaired) electrons. The quantitative estimate of drug-likeness (QED) is 0.515. The number of rotatable bonds is 10. The average molecular weight is 370 g/mol. The maximum Gasteiger partial charge on any atom is 0.237 e. The summed E-state index contributed by atoms with van der Waals surface area (Å²) in [4.78, 5) is 12.2. The van der Waals surface area contributed by atoms with Crippen molar-refractivity contribution in [3.8, 4) is 0 Å². The standard InChI is InChI=1S/C22H31N3O2/c1-3-19(23)22(27)25-20(13-17-9-5-4-6-10-17)21(26)15-24-14-18-11-7-8-16(2)12-18/h4-12,19-21,24,26H,3,13-15,23H2,1-2H3,(H,25,27). The number of nitrogens with one attached hydrogen (secondary N) is 2. The largest absolute Gasteiger partial charge is 0.390 e. The third-order valence-electron chi connectivity index (χ3n) is 4.63. The zero-order chi connectivity index (χ0) is 19.6. The molecule has 2 rings (SSSR count). The van der Waals surface area contributed by atoms with E-state index in [-0.39, 0.29) is 5.91 Å². The van der Waals surface area contributed by atoms with Crippen LogP contribution < -0.4 is 16.4 Å². The van der Waals surface area contributed by atoms with E-state index in [0.717, 1.165) is 5.56 Å². The van der Waals surface area contributed by atoms with Gasteiger partial charge in [-0.3, -0.25) is 4.79 Å². The molecule has 0 saturated carbocycles. The smallest absolute Gasteiger partial charge is 0.237 e. The fourth-order valence-corrected chi connectivity index (χ4v) is 2.96. The van der Waals surface area contributed by atoms with Gasteiger partial charge in [-0.1, -0.05) is 67.1 Å². The molecule has 0 aromatic heterocycles. The van der Waals surface area contributed by atoms with E-state index in [1.165, 1.54) is 11.1 Å². The number of nitrogens with two attached hydrogens (primary N) is 1. The van der Waals surface area contributed by atoms with Gasteiger partial charge in [0, 0.05) is 13.1 Å². The molecule has 0 fully saturated rings. The van der Waals surface area contributed by atoms with Gasteiger partial charge < -0.3 is 21.5 Å². The van der Waals surface area contributed by atoms with Crippen molar-refractivity contribution < 1.29 is 9.90 Å². The second kappa shape index (κ2) is 10.8. The highest BCUT2D eigenvalue weighted by Gasteiger charge is 2.23. The zero-order valence-corrected chi connectivity index (χ0v) is 16.2. The Hall–Kier alpha value is -2.21. The molecule has 3 unspecified atom stereocenters. The number of amides is 1. The summed E-state index contributed by atoms with van der Waals surface area (Å²) in [6, 6.07) is 17.1. The lowest BCUT2D eigenvalue weighted by molar-refractivity contribution is -0.124. The number of aryl methyl sites for hydroxylation is 1. The van der Waals surface area contributed by atoms with E-state index >= 15 is 0 Å². The summed E-state index contributed by atoms with van der Waals surface area (Å²) >= 11 is 0. The maximum atomic E-state index is 12.2. The summed E-state index contributed by atoms with van der Waals surface area (Å²) in [6.07, 6.45) is 0.394. The predicted molar refractivity (Wildman–Crippen MR) is 109 cm³/mol. The number of aliphatic hydroxyl groups excluding tert-OH is 1. The van der Waals surface area contributed by atoms with E-state index in [2.05, 4.69) is 35.8 Å². The van der Waals surface area contributed by atoms with Crippen LogP contribution in [0.3, 0.4) is 0 Å². The molecule has 5 N–H and O–H groups in total. The van der Waals surface area contributed by atoms with Crippen molar-refractivity contribution >= 4 is 5.91 Å². The minimum atomic E-state index is -0.719. The number of hydrogen-bond donors (Lipinski definition) is 4. The Kier molecular flexibility index (Phi) is 8.45. The lowest BCUT2D eigenvalue weighted by Gasteiger charge is -2.26. The van der Waals surface area contributed by atoms with E-state index < -0.39 is 18.2 Å². The first-order valence-corrected chi connectivity index (χ1v) is 9.53. The van der Waals surface area contributed by atoms with E-state index in [0.29, 0.717) is 25.9 Å². The van der Waals surface area contributed by atoms with E-state index in [9.17, 15) is 9.90 Å². The molecular formula is C22H31N3O2. The van der Waals surface area contributed by atoms with Crippen LogP contribution in [-0.4, -0.2) is 35.7 Å². The lowest BCUT2D eigenvalue weighted by atomic mass is 10.00. The molecule has 0 heterocycles. The molecule has 0 aliphatic rings. The molecule has 1 amide bonds. The van der Waals surface area contributed by atoms with Gasteiger partial charge in [-0.15, -0.1) is 0 Å². The maximum absolute atomic E-state index is 12.2. The van der Waals surface area contributed by atoms with Gasteiger partial charge in [-0.2, -0.15) is 0 Å². The van der Waals surface area contributed by atoms with Crippen LogP contribution in [0.2, 0.25) is 0 Å². The SMILES string of the molecule is CCC(N)C(=O)NC(Cc1ccccc1)C(O)CNCc1cccc(C)c1. The topological polar surface area (TPSA) is 87.4 Å². The minimum absolute atomic E-state index is 0.226. The zero-order valence-electron chi connectivity index (χ0n) is 16.2. The van der Waals surface area contributed by atoms with E-state index in [1.54, 1.807) is 0 Å². The Labute approximate surface area is 162 Å². The summed E-state index contributed by atoms with van der Waals surface area (Å²) in [7, 11) is 0. The van der Waals surface area contributed by atoms with Crippen molar-refractivity contribution in [1.82, 2.24) is 10.6 Å². The highest BCUT2D eigenvalue weighted by Crippen LogP contribution is 2.08. The minimum Gasteiger partial charge on any atom is -0.390 e. The lowest BCUT2D eigenvalue weighted by Crippen LogP contribution is -2.52. The summed E-state index contributed by atoms with van der Waals surface area (Å²) in [5, 5.41) is 16.9. The van der Waals surface area contributed by atoms with Crippen LogP contribution in [0.1, 0.15) is 30.0 Å². The summed E-state index contributed by atoms with van der Waals surface area (Å²) in [6.45, 7) is 4.98. The Bertz CT molecular complexity index is 706. The summed E-state index contributed by atoms with van der Waals surface area (Å²) in [5.41, 5.74) is 9.27. The second-order valence-electron chi connectivity index (χ2n) is 7.01. The van der Waals surface area contributed by atoms with Crippen molar-refractivity contribution in [1.29, 1.82) is 0 Å². The first-order chi connectivity index (χ1) is 13.0. The number of carbonyl (C=O) groups is 1. The van der Waals surface area contributed by atoms with Crippen molar-refractivity contribution in [2.75, 3.05) is 6.54 Å². The monoisotopic (exact) mass is 369 g/mol. The van der Waals surface area contributed by atoms with Crippen molar-refractivity contribution in [2.45, 2.75) is 51.4 Å². The predicted octanol–water partition coefficient (Wildman–Crippen LogP) is 1.91. The molecule has 2 aromatic carbocycles. The first-order valence-electron chi connectivity index (χ1n) is 9.53. The van der Waals surface area contributed by atoms with Gasteiger partial charge in [-0.05, 0) is 30.9 Å². The van der Waals surface area contributed by atoms with Crippen LogP contribution in [0.5, 0.6) is 0 Å². The summed E-state index contributed by atoms with van der Waals surface area (Å²) < 4.78 is 0. The second-order valence-corrected chi connectivity index (χ2v) is 7.01. The van der Waals surface area contributed by atoms with Crippen molar-refractivity contribution in [3.63, 3.8) is 0 Å². The molecule has 27 heavy (non-hydrogen) atoms. The summed E-state index contributed by atoms with van der Waals surface area (Å²) in [5.74, 6) is -0.226. The van der Waals surface area contributed by atoms with Gasteiger partial charge in [0.1, 0.15) is 0 Å². The molecular weight excluding hydrogens is 338 g/mol. The van der Waals surface area contributed by atoms with Gasteiger partial charge in [0.2, 0.25) is 5.91 Å². The van der Waals surface area contributed by atoms with Gasteiger partial charge in [0.05, 0.1) is 18.2 Å².